The van der Waals surface area contributed by atoms with Gasteiger partial charge in [0.25, 0.3) is 0 Å². The fourth-order valence-corrected chi connectivity index (χ4v) is 8.60. The number of aromatic nitrogens is 1. The summed E-state index contributed by atoms with van der Waals surface area (Å²) in [5.41, 5.74) is 25.3. The number of aryl methyl sites for hydroxylation is 8. The van der Waals surface area contributed by atoms with Crippen molar-refractivity contribution in [2.75, 3.05) is 0 Å². The molecule has 0 aliphatic carbocycles. The number of aromatic amines is 1. The third kappa shape index (κ3) is 6.75. The number of H-pyrrole nitrogens is 1. The van der Waals surface area contributed by atoms with E-state index in [1.165, 1.54) is 106 Å². The van der Waals surface area contributed by atoms with Crippen LogP contribution in [0.1, 0.15) is 88.0 Å². The molecule has 7 rings (SSSR count). The molecule has 0 saturated heterocycles. The van der Waals surface area contributed by atoms with Gasteiger partial charge in [-0.3, -0.25) is 4.99 Å². The monoisotopic (exact) mass is 680 g/mol. The number of hydrogen-bond acceptors (Lipinski definition) is 1. The molecule has 5 aromatic carbocycles. The predicted molar refractivity (Wildman–Crippen MR) is 223 cm³/mol. The van der Waals surface area contributed by atoms with Crippen LogP contribution in [0.5, 0.6) is 0 Å². The molecule has 1 aromatic heterocycles. The Kier molecular flexibility index (Phi) is 9.77. The minimum atomic E-state index is 0.361. The molecule has 0 spiro atoms. The minimum Gasteiger partial charge on any atom is -0.354 e. The largest absolute Gasteiger partial charge is 0.354 e. The summed E-state index contributed by atoms with van der Waals surface area (Å²) < 4.78 is 0. The Morgan fingerprint density at radius 2 is 1.08 bits per heavy atom. The number of rotatable bonds is 8. The number of nitrogens with one attached hydrogen (secondary N) is 1. The zero-order chi connectivity index (χ0) is 36.7. The lowest BCUT2D eigenvalue weighted by Gasteiger charge is -2.17. The normalized spacial score (nSPS) is 15.2. The first-order chi connectivity index (χ1) is 25.0. The Hall–Kier alpha value is -5.21. The van der Waals surface area contributed by atoms with E-state index in [-0.39, 0.29) is 0 Å². The van der Waals surface area contributed by atoms with E-state index in [4.69, 9.17) is 4.99 Å². The van der Waals surface area contributed by atoms with Gasteiger partial charge in [0, 0.05) is 22.9 Å². The van der Waals surface area contributed by atoms with Crippen LogP contribution in [-0.2, 0) is 6.42 Å². The Balaban J connectivity index is 1.29. The molecule has 2 heteroatoms. The highest BCUT2D eigenvalue weighted by Crippen LogP contribution is 2.41. The molecule has 0 fully saturated rings. The van der Waals surface area contributed by atoms with E-state index in [0.29, 0.717) is 5.92 Å². The van der Waals surface area contributed by atoms with Crippen molar-refractivity contribution in [3.8, 4) is 33.5 Å². The van der Waals surface area contributed by atoms with Gasteiger partial charge in [-0.2, -0.15) is 0 Å². The van der Waals surface area contributed by atoms with E-state index in [2.05, 4.69) is 170 Å². The molecule has 0 radical (unpaired) electrons. The van der Waals surface area contributed by atoms with Gasteiger partial charge in [0.15, 0.2) is 0 Å². The first-order valence-corrected chi connectivity index (χ1v) is 19.0. The lowest BCUT2D eigenvalue weighted by Crippen LogP contribution is -2.10. The molecule has 1 N–H and O–H groups in total. The molecule has 1 atom stereocenters. The van der Waals surface area contributed by atoms with Crippen LogP contribution in [0.15, 0.2) is 114 Å². The molecule has 1 aliphatic heterocycles. The van der Waals surface area contributed by atoms with Crippen LogP contribution >= 0.6 is 0 Å². The molecule has 6 aromatic rings. The van der Waals surface area contributed by atoms with Gasteiger partial charge in [-0.1, -0.05) is 128 Å². The van der Waals surface area contributed by atoms with Crippen LogP contribution in [-0.4, -0.2) is 10.7 Å². The molecule has 2 nitrogen and oxygen atoms in total. The molecule has 1 unspecified atom stereocenters. The summed E-state index contributed by atoms with van der Waals surface area (Å²) in [7, 11) is 0. The van der Waals surface area contributed by atoms with Gasteiger partial charge in [-0.05, 0) is 141 Å². The fraction of sp³-hybridized carbons (Fsp3) is 0.260. The quantitative estimate of drug-likeness (QED) is 0.166. The van der Waals surface area contributed by atoms with Crippen molar-refractivity contribution in [1.82, 2.24) is 4.98 Å². The number of nitrogens with zero attached hydrogens (tertiary/aromatic N) is 1. The first kappa shape index (κ1) is 35.2. The maximum Gasteiger partial charge on any atom is 0.0514 e. The van der Waals surface area contributed by atoms with E-state index >= 15 is 0 Å². The zero-order valence-electron chi connectivity index (χ0n) is 32.5. The van der Waals surface area contributed by atoms with Crippen LogP contribution in [0.3, 0.4) is 0 Å². The summed E-state index contributed by atoms with van der Waals surface area (Å²) in [4.78, 5) is 9.49. The van der Waals surface area contributed by atoms with Crippen molar-refractivity contribution in [3.05, 3.63) is 170 Å². The standard InChI is InChI=1S/C50H52N2/c1-10-37-28-44(51-49(37)42-14-12-30(3)13-15-42)48(47-35(8)26-32(5)27-36(47)9)45-29-38(11-2)50(52-45)43-22-18-40(19-23-43)39-16-20-41(21-17-39)46-33(6)24-31(4)25-34(46)7/h12-28,38,51H,10-11,29H2,1-9H3/b48-45+. The van der Waals surface area contributed by atoms with Gasteiger partial charge >= 0.3 is 0 Å². The highest BCUT2D eigenvalue weighted by Gasteiger charge is 2.29. The van der Waals surface area contributed by atoms with Gasteiger partial charge in [0.05, 0.1) is 11.4 Å². The van der Waals surface area contributed by atoms with Crippen LogP contribution < -0.4 is 0 Å². The highest BCUT2D eigenvalue weighted by atomic mass is 14.8. The zero-order valence-corrected chi connectivity index (χ0v) is 32.5. The second-order valence-electron chi connectivity index (χ2n) is 15.1. The van der Waals surface area contributed by atoms with E-state index in [0.717, 1.165) is 25.0 Å². The van der Waals surface area contributed by atoms with Gasteiger partial charge in [-0.15, -0.1) is 0 Å². The molecular formula is C50H52N2. The first-order valence-electron chi connectivity index (χ1n) is 19.0. The maximum absolute atomic E-state index is 5.56. The fourth-order valence-electron chi connectivity index (χ4n) is 8.60. The molecule has 0 bridgehead atoms. The van der Waals surface area contributed by atoms with Crippen molar-refractivity contribution in [1.29, 1.82) is 0 Å². The van der Waals surface area contributed by atoms with E-state index < -0.39 is 0 Å². The average Bonchev–Trinajstić information content (AvgIpc) is 3.75. The summed E-state index contributed by atoms with van der Waals surface area (Å²) >= 11 is 0. The second kappa shape index (κ2) is 14.4. The third-order valence-electron chi connectivity index (χ3n) is 11.0. The maximum atomic E-state index is 5.56. The van der Waals surface area contributed by atoms with Crippen LogP contribution in [0, 0.1) is 54.4 Å². The van der Waals surface area contributed by atoms with Crippen molar-refractivity contribution in [2.24, 2.45) is 10.9 Å². The molecule has 0 saturated carbocycles. The third-order valence-corrected chi connectivity index (χ3v) is 11.0. The van der Waals surface area contributed by atoms with Gasteiger partial charge < -0.3 is 4.98 Å². The Morgan fingerprint density at radius 1 is 0.577 bits per heavy atom. The van der Waals surface area contributed by atoms with Gasteiger partial charge in [-0.25, -0.2) is 0 Å². The number of allylic oxidation sites excluding steroid dienone is 1. The molecule has 1 aliphatic rings. The van der Waals surface area contributed by atoms with Crippen molar-refractivity contribution < 1.29 is 0 Å². The SMILES string of the molecule is CCc1cc(/C(=C2/CC(CC)C(c3ccc(-c4ccc(-c5c(C)cc(C)cc5C)cc4)cc3)=N2)c2c(C)cc(C)cc2C)[nH]c1-c1ccc(C)cc1. The highest BCUT2D eigenvalue weighted by molar-refractivity contribution is 6.06. The summed E-state index contributed by atoms with van der Waals surface area (Å²) in [5.74, 6) is 0.361. The Bertz CT molecular complexity index is 2280. The van der Waals surface area contributed by atoms with Crippen molar-refractivity contribution in [3.63, 3.8) is 0 Å². The Morgan fingerprint density at radius 3 is 1.62 bits per heavy atom. The summed E-state index contributed by atoms with van der Waals surface area (Å²) in [6.07, 6.45) is 2.93. The molecule has 262 valence electrons. The van der Waals surface area contributed by atoms with Crippen LogP contribution in [0.25, 0.3) is 39.1 Å². The molecule has 2 heterocycles. The average molecular weight is 681 g/mol. The van der Waals surface area contributed by atoms with Crippen LogP contribution in [0.2, 0.25) is 0 Å². The summed E-state index contributed by atoms with van der Waals surface area (Å²) in [5, 5.41) is 0. The van der Waals surface area contributed by atoms with Gasteiger partial charge in [0.2, 0.25) is 0 Å². The number of aliphatic imine (C=N–C) groups is 1. The molecule has 0 amide bonds. The summed E-state index contributed by atoms with van der Waals surface area (Å²) in [6.45, 7) is 20.0. The van der Waals surface area contributed by atoms with Crippen molar-refractivity contribution >= 4 is 11.3 Å². The summed E-state index contributed by atoms with van der Waals surface area (Å²) in [6, 6.07) is 38.6. The van der Waals surface area contributed by atoms with E-state index in [1.807, 2.05) is 0 Å². The molecule has 52 heavy (non-hydrogen) atoms. The minimum absolute atomic E-state index is 0.361. The molecular weight excluding hydrogens is 629 g/mol. The van der Waals surface area contributed by atoms with E-state index in [1.54, 1.807) is 0 Å². The smallest absolute Gasteiger partial charge is 0.0514 e. The number of hydrogen-bond donors (Lipinski definition) is 1. The van der Waals surface area contributed by atoms with Crippen LogP contribution in [0.4, 0.5) is 0 Å². The Labute approximate surface area is 311 Å². The predicted octanol–water partition coefficient (Wildman–Crippen LogP) is 13.4. The lowest BCUT2D eigenvalue weighted by molar-refractivity contribution is 0.686. The number of benzene rings is 5. The van der Waals surface area contributed by atoms with Crippen molar-refractivity contribution in [2.45, 2.75) is 81.6 Å². The van der Waals surface area contributed by atoms with E-state index in [9.17, 15) is 0 Å². The lowest BCUT2D eigenvalue weighted by atomic mass is 9.87. The topological polar surface area (TPSA) is 28.1 Å². The second-order valence-corrected chi connectivity index (χ2v) is 15.1. The van der Waals surface area contributed by atoms with Gasteiger partial charge in [0.1, 0.15) is 0 Å².